The number of fused-ring (bicyclic) bond motifs is 1. The van der Waals surface area contributed by atoms with Crippen molar-refractivity contribution in [2.24, 2.45) is 0 Å². The van der Waals surface area contributed by atoms with Crippen molar-refractivity contribution in [3.05, 3.63) is 70.6 Å². The molecule has 1 aliphatic heterocycles. The van der Waals surface area contributed by atoms with E-state index in [1.807, 2.05) is 60.0 Å². The lowest BCUT2D eigenvalue weighted by Gasteiger charge is -2.21. The topological polar surface area (TPSA) is 46.3 Å². The Morgan fingerprint density at radius 3 is 2.78 bits per heavy atom. The lowest BCUT2D eigenvalue weighted by atomic mass is 10.2. The Labute approximate surface area is 168 Å². The highest BCUT2D eigenvalue weighted by molar-refractivity contribution is 8.00. The number of para-hydroxylation sites is 1. The molecule has 2 aromatic heterocycles. The van der Waals surface area contributed by atoms with Gasteiger partial charge >= 0.3 is 0 Å². The fourth-order valence-corrected chi connectivity index (χ4v) is 5.31. The van der Waals surface area contributed by atoms with Gasteiger partial charge in [-0.2, -0.15) is 0 Å². The summed E-state index contributed by atoms with van der Waals surface area (Å²) in [6, 6.07) is 17.4. The highest BCUT2D eigenvalue weighted by Crippen LogP contribution is 2.44. The third-order valence-electron chi connectivity index (χ3n) is 4.40. The van der Waals surface area contributed by atoms with Crippen LogP contribution in [0.5, 0.6) is 0 Å². The summed E-state index contributed by atoms with van der Waals surface area (Å²) in [4.78, 5) is 19.0. The third kappa shape index (κ3) is 3.04. The van der Waals surface area contributed by atoms with Gasteiger partial charge in [-0.15, -0.1) is 23.1 Å². The summed E-state index contributed by atoms with van der Waals surface area (Å²) in [6.45, 7) is 0. The molecule has 0 aliphatic carbocycles. The average molecular weight is 413 g/mol. The van der Waals surface area contributed by atoms with Gasteiger partial charge in [-0.25, -0.2) is 4.98 Å². The number of carbonyl (C=O) groups is 1. The van der Waals surface area contributed by atoms with E-state index in [9.17, 15) is 4.79 Å². The quantitative estimate of drug-likeness (QED) is 0.414. The normalized spacial score (nSPS) is 17.1. The Hall–Kier alpha value is -2.28. The van der Waals surface area contributed by atoms with Crippen LogP contribution in [0, 0.1) is 0 Å². The van der Waals surface area contributed by atoms with E-state index in [0.29, 0.717) is 21.7 Å². The highest BCUT2D eigenvalue weighted by atomic mass is 35.5. The second kappa shape index (κ2) is 6.71. The maximum atomic E-state index is 12.5. The number of furan rings is 1. The van der Waals surface area contributed by atoms with Crippen LogP contribution in [-0.2, 0) is 4.79 Å². The molecule has 1 amide bonds. The average Bonchev–Trinajstić information content (AvgIpc) is 3.39. The number of nitrogens with zero attached hydrogens (tertiary/aromatic N) is 2. The molecular weight excluding hydrogens is 400 g/mol. The molecule has 7 heteroatoms. The summed E-state index contributed by atoms with van der Waals surface area (Å²) >= 11 is 9.05. The molecule has 1 fully saturated rings. The smallest absolute Gasteiger partial charge is 0.240 e. The van der Waals surface area contributed by atoms with Crippen LogP contribution >= 0.6 is 34.7 Å². The number of thiazole rings is 1. The molecule has 0 spiro atoms. The fraction of sp³-hybridized carbons (Fsp3) is 0.100. The number of anilines is 1. The number of carbonyl (C=O) groups excluding carboxylic acids is 1. The number of amides is 1. The van der Waals surface area contributed by atoms with Crippen molar-refractivity contribution in [2.45, 2.75) is 5.37 Å². The number of aromatic nitrogens is 1. The van der Waals surface area contributed by atoms with Crippen molar-refractivity contribution in [3.8, 4) is 11.5 Å². The monoisotopic (exact) mass is 412 g/mol. The Bertz CT molecular complexity index is 1100. The van der Waals surface area contributed by atoms with E-state index in [4.69, 9.17) is 21.0 Å². The lowest BCUT2D eigenvalue weighted by molar-refractivity contribution is -0.115. The predicted octanol–water partition coefficient (Wildman–Crippen LogP) is 5.99. The van der Waals surface area contributed by atoms with Crippen LogP contribution in [0.15, 0.2) is 64.4 Å². The number of hydrogen-bond acceptors (Lipinski definition) is 5. The van der Waals surface area contributed by atoms with Crippen molar-refractivity contribution in [3.63, 3.8) is 0 Å². The van der Waals surface area contributed by atoms with Gasteiger partial charge in [0.05, 0.1) is 5.75 Å². The summed E-state index contributed by atoms with van der Waals surface area (Å²) in [7, 11) is 0. The molecule has 4 nitrogen and oxygen atoms in total. The van der Waals surface area contributed by atoms with Crippen molar-refractivity contribution in [1.82, 2.24) is 4.98 Å². The van der Waals surface area contributed by atoms with Gasteiger partial charge in [0.2, 0.25) is 5.91 Å². The summed E-state index contributed by atoms with van der Waals surface area (Å²) in [5, 5.41) is 4.24. The van der Waals surface area contributed by atoms with Crippen LogP contribution in [0.2, 0.25) is 5.02 Å². The van der Waals surface area contributed by atoms with Crippen molar-refractivity contribution >= 4 is 56.7 Å². The molecule has 1 unspecified atom stereocenters. The molecule has 1 aliphatic rings. The van der Waals surface area contributed by atoms with E-state index in [1.54, 1.807) is 16.7 Å². The summed E-state index contributed by atoms with van der Waals surface area (Å²) in [6.07, 6.45) is 0. The molecule has 5 rings (SSSR count). The minimum Gasteiger partial charge on any atom is -0.454 e. The van der Waals surface area contributed by atoms with Gasteiger partial charge in [0.25, 0.3) is 0 Å². The minimum absolute atomic E-state index is 0.0606. The SMILES string of the molecule is O=C1CSC(c2ccc(Cl)cc2)N1c1nc(-c2cc3ccccc3o2)cs1. The zero-order valence-corrected chi connectivity index (χ0v) is 16.4. The van der Waals surface area contributed by atoms with E-state index >= 15 is 0 Å². The molecule has 4 aromatic rings. The van der Waals surface area contributed by atoms with Crippen LogP contribution in [0.25, 0.3) is 22.4 Å². The maximum Gasteiger partial charge on any atom is 0.240 e. The van der Waals surface area contributed by atoms with Crippen molar-refractivity contribution < 1.29 is 9.21 Å². The molecule has 1 saturated heterocycles. The van der Waals surface area contributed by atoms with Crippen LogP contribution in [0.1, 0.15) is 10.9 Å². The van der Waals surface area contributed by atoms with Gasteiger partial charge in [-0.1, -0.05) is 41.9 Å². The van der Waals surface area contributed by atoms with Gasteiger partial charge < -0.3 is 4.42 Å². The van der Waals surface area contributed by atoms with E-state index in [-0.39, 0.29) is 11.3 Å². The van der Waals surface area contributed by atoms with E-state index in [2.05, 4.69) is 0 Å². The predicted molar refractivity (Wildman–Crippen MR) is 111 cm³/mol. The zero-order valence-electron chi connectivity index (χ0n) is 14.0. The molecule has 0 radical (unpaired) electrons. The number of rotatable bonds is 3. The van der Waals surface area contributed by atoms with Gasteiger partial charge in [-0.3, -0.25) is 9.69 Å². The molecule has 27 heavy (non-hydrogen) atoms. The largest absolute Gasteiger partial charge is 0.454 e. The molecular formula is C20H13ClN2O2S2. The van der Waals surface area contributed by atoms with Crippen LogP contribution in [0.4, 0.5) is 5.13 Å². The Morgan fingerprint density at radius 2 is 1.96 bits per heavy atom. The number of halogens is 1. The maximum absolute atomic E-state index is 12.5. The highest BCUT2D eigenvalue weighted by Gasteiger charge is 2.36. The number of thioether (sulfide) groups is 1. The van der Waals surface area contributed by atoms with Gasteiger partial charge in [-0.05, 0) is 29.8 Å². The first-order valence-electron chi connectivity index (χ1n) is 8.33. The first-order valence-corrected chi connectivity index (χ1v) is 10.6. The molecule has 0 bridgehead atoms. The fourth-order valence-electron chi connectivity index (χ4n) is 3.10. The molecule has 1 atom stereocenters. The molecule has 0 saturated carbocycles. The zero-order chi connectivity index (χ0) is 18.4. The Kier molecular flexibility index (Phi) is 4.19. The molecule has 0 N–H and O–H groups in total. The molecule has 3 heterocycles. The standard InChI is InChI=1S/C20H13ClN2O2S2/c21-14-7-5-12(6-8-14)19-23(18(24)11-26-19)20-22-15(10-27-20)17-9-13-3-1-2-4-16(13)25-17/h1-10,19H,11H2. The van der Waals surface area contributed by atoms with E-state index < -0.39 is 0 Å². The number of benzene rings is 2. The third-order valence-corrected chi connectivity index (χ3v) is 6.70. The van der Waals surface area contributed by atoms with E-state index in [0.717, 1.165) is 22.2 Å². The van der Waals surface area contributed by atoms with Crippen LogP contribution in [0.3, 0.4) is 0 Å². The van der Waals surface area contributed by atoms with E-state index in [1.165, 1.54) is 11.3 Å². The molecule has 134 valence electrons. The summed E-state index contributed by atoms with van der Waals surface area (Å²) in [5.41, 5.74) is 2.61. The van der Waals surface area contributed by atoms with Crippen LogP contribution in [-0.4, -0.2) is 16.6 Å². The minimum atomic E-state index is -0.0931. The second-order valence-electron chi connectivity index (χ2n) is 6.14. The lowest BCUT2D eigenvalue weighted by Crippen LogP contribution is -2.27. The second-order valence-corrected chi connectivity index (χ2v) is 8.48. The first-order chi connectivity index (χ1) is 13.2. The number of hydrogen-bond donors (Lipinski definition) is 0. The Morgan fingerprint density at radius 1 is 1.15 bits per heavy atom. The Balaban J connectivity index is 1.50. The summed E-state index contributed by atoms with van der Waals surface area (Å²) < 4.78 is 5.90. The van der Waals surface area contributed by atoms with Gasteiger partial charge in [0.1, 0.15) is 16.7 Å². The first kappa shape index (κ1) is 16.9. The van der Waals surface area contributed by atoms with Crippen molar-refractivity contribution in [1.29, 1.82) is 0 Å². The van der Waals surface area contributed by atoms with Crippen molar-refractivity contribution in [2.75, 3.05) is 10.7 Å². The molecule has 2 aromatic carbocycles. The van der Waals surface area contributed by atoms with Crippen LogP contribution < -0.4 is 4.90 Å². The van der Waals surface area contributed by atoms with Gasteiger partial charge in [0.15, 0.2) is 10.9 Å². The van der Waals surface area contributed by atoms with Gasteiger partial charge in [0, 0.05) is 15.8 Å². The summed E-state index contributed by atoms with van der Waals surface area (Å²) in [5.74, 6) is 1.21.